The summed E-state index contributed by atoms with van der Waals surface area (Å²) in [5, 5.41) is 2.51. The highest BCUT2D eigenvalue weighted by Gasteiger charge is 2.13. The third kappa shape index (κ3) is 2.60. The molecule has 0 amide bonds. The molecule has 2 nitrogen and oxygen atoms in total. The van der Waals surface area contributed by atoms with Crippen molar-refractivity contribution < 1.29 is 0 Å². The number of aromatic nitrogens is 1. The molecular weight excluding hydrogens is 312 g/mol. The molecule has 0 radical (unpaired) electrons. The number of pyridine rings is 1. The Balaban J connectivity index is 1.96. The predicted octanol–water partition coefficient (Wildman–Crippen LogP) is 4.24. The van der Waals surface area contributed by atoms with E-state index < -0.39 is 0 Å². The Labute approximate surface area is 126 Å². The summed E-state index contributed by atoms with van der Waals surface area (Å²) >= 11 is 3.52. The summed E-state index contributed by atoms with van der Waals surface area (Å²) in [6, 6.07) is 18.5. The first-order chi connectivity index (χ1) is 9.75. The number of hydrogen-bond acceptors (Lipinski definition) is 2. The second-order valence-electron chi connectivity index (χ2n) is 4.82. The number of rotatable bonds is 3. The lowest BCUT2D eigenvalue weighted by Gasteiger charge is -2.14. The van der Waals surface area contributed by atoms with Crippen molar-refractivity contribution in [3.8, 4) is 0 Å². The van der Waals surface area contributed by atoms with Gasteiger partial charge in [0.2, 0.25) is 0 Å². The highest BCUT2D eigenvalue weighted by Crippen LogP contribution is 2.25. The quantitative estimate of drug-likeness (QED) is 0.781. The number of halogens is 1. The monoisotopic (exact) mass is 326 g/mol. The summed E-state index contributed by atoms with van der Waals surface area (Å²) < 4.78 is 0.965. The van der Waals surface area contributed by atoms with Gasteiger partial charge in [-0.1, -0.05) is 42.5 Å². The van der Waals surface area contributed by atoms with E-state index in [1.807, 2.05) is 12.1 Å². The van der Waals surface area contributed by atoms with Gasteiger partial charge in [-0.05, 0) is 50.8 Å². The second kappa shape index (κ2) is 5.73. The Morgan fingerprint density at radius 2 is 1.80 bits per heavy atom. The van der Waals surface area contributed by atoms with E-state index in [0.717, 1.165) is 16.6 Å². The van der Waals surface area contributed by atoms with Gasteiger partial charge in [0.1, 0.15) is 0 Å². The smallest absolute Gasteiger partial charge is 0.0716 e. The molecule has 0 aliphatic heterocycles. The van der Waals surface area contributed by atoms with Gasteiger partial charge in [0, 0.05) is 10.7 Å². The molecular formula is C17H15BrN2. The first kappa shape index (κ1) is 13.3. The topological polar surface area (TPSA) is 38.9 Å². The fraction of sp³-hybridized carbons (Fsp3) is 0.118. The second-order valence-corrected chi connectivity index (χ2v) is 5.67. The summed E-state index contributed by atoms with van der Waals surface area (Å²) in [6.07, 6.45) is 2.56. The molecule has 0 saturated heterocycles. The van der Waals surface area contributed by atoms with Crippen LogP contribution in [-0.4, -0.2) is 4.98 Å². The zero-order valence-corrected chi connectivity index (χ0v) is 12.5. The molecule has 1 unspecified atom stereocenters. The summed E-state index contributed by atoms with van der Waals surface area (Å²) in [5.74, 6) is 0. The van der Waals surface area contributed by atoms with Crippen molar-refractivity contribution in [2.24, 2.45) is 5.73 Å². The van der Waals surface area contributed by atoms with Crippen LogP contribution in [0.4, 0.5) is 0 Å². The number of fused-ring (bicyclic) bond motifs is 1. The lowest BCUT2D eigenvalue weighted by molar-refractivity contribution is 0.695. The van der Waals surface area contributed by atoms with Crippen LogP contribution in [0.15, 0.2) is 65.3 Å². The molecule has 0 saturated carbocycles. The maximum atomic E-state index is 6.33. The standard InChI is InChI=1S/C17H15BrN2/c18-15-9-4-10-20-17(15)16(19)11-13-7-3-6-12-5-1-2-8-14(12)13/h1-10,16H,11,19H2. The third-order valence-corrected chi connectivity index (χ3v) is 4.13. The van der Waals surface area contributed by atoms with Gasteiger partial charge in [-0.2, -0.15) is 0 Å². The molecule has 20 heavy (non-hydrogen) atoms. The maximum absolute atomic E-state index is 6.33. The normalized spacial score (nSPS) is 12.5. The lowest BCUT2D eigenvalue weighted by atomic mass is 9.97. The molecule has 3 aromatic rings. The van der Waals surface area contributed by atoms with Crippen molar-refractivity contribution in [2.75, 3.05) is 0 Å². The van der Waals surface area contributed by atoms with E-state index >= 15 is 0 Å². The fourth-order valence-corrected chi connectivity index (χ4v) is 3.02. The van der Waals surface area contributed by atoms with Crippen molar-refractivity contribution >= 4 is 26.7 Å². The molecule has 0 bridgehead atoms. The summed E-state index contributed by atoms with van der Waals surface area (Å²) in [7, 11) is 0. The lowest BCUT2D eigenvalue weighted by Crippen LogP contribution is -2.15. The molecule has 0 aliphatic rings. The molecule has 0 fully saturated rings. The van der Waals surface area contributed by atoms with Crippen molar-refractivity contribution in [1.82, 2.24) is 4.98 Å². The summed E-state index contributed by atoms with van der Waals surface area (Å²) in [6.45, 7) is 0. The fourth-order valence-electron chi connectivity index (χ4n) is 2.47. The number of nitrogens with two attached hydrogens (primary N) is 1. The summed E-state index contributed by atoms with van der Waals surface area (Å²) in [5.41, 5.74) is 8.49. The van der Waals surface area contributed by atoms with Gasteiger partial charge >= 0.3 is 0 Å². The van der Waals surface area contributed by atoms with Crippen LogP contribution < -0.4 is 5.73 Å². The van der Waals surface area contributed by atoms with Gasteiger partial charge < -0.3 is 5.73 Å². The summed E-state index contributed by atoms with van der Waals surface area (Å²) in [4.78, 5) is 4.38. The minimum Gasteiger partial charge on any atom is -0.322 e. The van der Waals surface area contributed by atoms with Gasteiger partial charge in [0.25, 0.3) is 0 Å². The number of hydrogen-bond donors (Lipinski definition) is 1. The van der Waals surface area contributed by atoms with Crippen molar-refractivity contribution in [2.45, 2.75) is 12.5 Å². The van der Waals surface area contributed by atoms with Crippen LogP contribution in [-0.2, 0) is 6.42 Å². The minimum atomic E-state index is -0.114. The van der Waals surface area contributed by atoms with E-state index in [4.69, 9.17) is 5.73 Å². The largest absolute Gasteiger partial charge is 0.322 e. The van der Waals surface area contributed by atoms with Crippen molar-refractivity contribution in [1.29, 1.82) is 0 Å². The van der Waals surface area contributed by atoms with Crippen LogP contribution in [0.25, 0.3) is 10.8 Å². The van der Waals surface area contributed by atoms with Crippen LogP contribution in [0.5, 0.6) is 0 Å². The van der Waals surface area contributed by atoms with E-state index in [0.29, 0.717) is 0 Å². The third-order valence-electron chi connectivity index (χ3n) is 3.46. The Hall–Kier alpha value is -1.71. The molecule has 0 aliphatic carbocycles. The molecule has 100 valence electrons. The van der Waals surface area contributed by atoms with E-state index in [9.17, 15) is 0 Å². The van der Waals surface area contributed by atoms with E-state index in [2.05, 4.69) is 63.4 Å². The average molecular weight is 327 g/mol. The van der Waals surface area contributed by atoms with E-state index in [-0.39, 0.29) is 6.04 Å². The highest BCUT2D eigenvalue weighted by atomic mass is 79.9. The Kier molecular flexibility index (Phi) is 3.81. The molecule has 1 atom stereocenters. The number of benzene rings is 2. The zero-order chi connectivity index (χ0) is 13.9. The Morgan fingerprint density at radius 1 is 1.00 bits per heavy atom. The molecule has 2 N–H and O–H groups in total. The SMILES string of the molecule is NC(Cc1cccc2ccccc12)c1ncccc1Br. The van der Waals surface area contributed by atoms with Crippen LogP contribution in [0, 0.1) is 0 Å². The van der Waals surface area contributed by atoms with E-state index in [1.165, 1.54) is 16.3 Å². The Bertz CT molecular complexity index is 734. The van der Waals surface area contributed by atoms with Crippen LogP contribution in [0.1, 0.15) is 17.3 Å². The Morgan fingerprint density at radius 3 is 2.65 bits per heavy atom. The molecule has 2 aromatic carbocycles. The van der Waals surface area contributed by atoms with Crippen molar-refractivity contribution in [3.05, 3.63) is 76.5 Å². The van der Waals surface area contributed by atoms with E-state index in [1.54, 1.807) is 6.20 Å². The van der Waals surface area contributed by atoms with Gasteiger partial charge in [-0.3, -0.25) is 4.98 Å². The first-order valence-electron chi connectivity index (χ1n) is 6.58. The van der Waals surface area contributed by atoms with Gasteiger partial charge in [-0.25, -0.2) is 0 Å². The zero-order valence-electron chi connectivity index (χ0n) is 11.0. The van der Waals surface area contributed by atoms with Crippen LogP contribution >= 0.6 is 15.9 Å². The number of nitrogens with zero attached hydrogens (tertiary/aromatic N) is 1. The van der Waals surface area contributed by atoms with Gasteiger partial charge in [-0.15, -0.1) is 0 Å². The maximum Gasteiger partial charge on any atom is 0.0716 e. The minimum absolute atomic E-state index is 0.114. The molecule has 3 rings (SSSR count). The van der Waals surface area contributed by atoms with Crippen LogP contribution in [0.3, 0.4) is 0 Å². The van der Waals surface area contributed by atoms with Gasteiger partial charge in [0.15, 0.2) is 0 Å². The highest BCUT2D eigenvalue weighted by molar-refractivity contribution is 9.10. The average Bonchev–Trinajstić information content (AvgIpc) is 2.48. The van der Waals surface area contributed by atoms with Crippen molar-refractivity contribution in [3.63, 3.8) is 0 Å². The molecule has 0 spiro atoms. The van der Waals surface area contributed by atoms with Crippen LogP contribution in [0.2, 0.25) is 0 Å². The predicted molar refractivity (Wildman–Crippen MR) is 86.5 cm³/mol. The molecule has 1 aromatic heterocycles. The molecule has 1 heterocycles. The first-order valence-corrected chi connectivity index (χ1v) is 7.37. The molecule has 3 heteroatoms. The van der Waals surface area contributed by atoms with Gasteiger partial charge in [0.05, 0.1) is 11.7 Å².